The van der Waals surface area contributed by atoms with E-state index in [9.17, 15) is 17.9 Å². The molecule has 1 aromatic rings. The van der Waals surface area contributed by atoms with Gasteiger partial charge in [-0.05, 0) is 37.5 Å². The van der Waals surface area contributed by atoms with Crippen LogP contribution in [0.3, 0.4) is 0 Å². The minimum absolute atomic E-state index is 0.0374. The van der Waals surface area contributed by atoms with Crippen molar-refractivity contribution in [2.24, 2.45) is 0 Å². The third-order valence-electron chi connectivity index (χ3n) is 4.05. The zero-order valence-electron chi connectivity index (χ0n) is 12.3. The largest absolute Gasteiger partial charge is 0.395 e. The SMILES string of the molecule is Cc1ccc(S(=O)(=O)N(CCO)C2CCCCC2)cc1F. The lowest BCUT2D eigenvalue weighted by Gasteiger charge is -2.33. The smallest absolute Gasteiger partial charge is 0.243 e. The van der Waals surface area contributed by atoms with Crippen LogP contribution in [0.4, 0.5) is 4.39 Å². The van der Waals surface area contributed by atoms with Crippen molar-refractivity contribution < 1.29 is 17.9 Å². The van der Waals surface area contributed by atoms with Gasteiger partial charge in [-0.15, -0.1) is 0 Å². The van der Waals surface area contributed by atoms with Crippen molar-refractivity contribution in [1.82, 2.24) is 4.31 Å². The van der Waals surface area contributed by atoms with E-state index in [0.29, 0.717) is 5.56 Å². The van der Waals surface area contributed by atoms with Crippen molar-refractivity contribution in [3.05, 3.63) is 29.6 Å². The molecule has 0 heterocycles. The Morgan fingerprint density at radius 3 is 2.52 bits per heavy atom. The van der Waals surface area contributed by atoms with Gasteiger partial charge in [0.1, 0.15) is 5.82 Å². The Morgan fingerprint density at radius 2 is 1.95 bits per heavy atom. The van der Waals surface area contributed by atoms with Crippen molar-refractivity contribution in [3.63, 3.8) is 0 Å². The summed E-state index contributed by atoms with van der Waals surface area (Å²) in [6, 6.07) is 3.87. The summed E-state index contributed by atoms with van der Waals surface area (Å²) in [6.07, 6.45) is 4.69. The van der Waals surface area contributed by atoms with E-state index in [1.807, 2.05) is 0 Å². The maximum Gasteiger partial charge on any atom is 0.243 e. The average Bonchev–Trinajstić information content (AvgIpc) is 2.48. The Morgan fingerprint density at radius 1 is 1.29 bits per heavy atom. The molecule has 0 bridgehead atoms. The van der Waals surface area contributed by atoms with E-state index in [2.05, 4.69) is 0 Å². The number of aryl methyl sites for hydroxylation is 1. The molecule has 0 unspecified atom stereocenters. The van der Waals surface area contributed by atoms with Gasteiger partial charge >= 0.3 is 0 Å². The zero-order valence-corrected chi connectivity index (χ0v) is 13.1. The number of halogens is 1. The second-order valence-corrected chi connectivity index (χ2v) is 7.43. The second kappa shape index (κ2) is 6.85. The molecule has 0 radical (unpaired) electrons. The lowest BCUT2D eigenvalue weighted by atomic mass is 9.95. The Kier molecular flexibility index (Phi) is 5.35. The van der Waals surface area contributed by atoms with Crippen molar-refractivity contribution in [3.8, 4) is 0 Å². The molecule has 4 nitrogen and oxygen atoms in total. The van der Waals surface area contributed by atoms with E-state index in [0.717, 1.165) is 38.2 Å². The zero-order chi connectivity index (χ0) is 15.5. The molecule has 118 valence electrons. The average molecular weight is 315 g/mol. The van der Waals surface area contributed by atoms with Gasteiger partial charge in [0.15, 0.2) is 0 Å². The van der Waals surface area contributed by atoms with E-state index in [1.165, 1.54) is 16.4 Å². The summed E-state index contributed by atoms with van der Waals surface area (Å²) < 4.78 is 40.5. The third-order valence-corrected chi connectivity index (χ3v) is 6.00. The first-order valence-electron chi connectivity index (χ1n) is 7.35. The predicted molar refractivity (Wildman–Crippen MR) is 79.0 cm³/mol. The quantitative estimate of drug-likeness (QED) is 0.908. The number of nitrogens with zero attached hydrogens (tertiary/aromatic N) is 1. The first-order chi connectivity index (χ1) is 9.96. The van der Waals surface area contributed by atoms with Crippen LogP contribution in [0, 0.1) is 12.7 Å². The molecule has 2 rings (SSSR count). The van der Waals surface area contributed by atoms with Gasteiger partial charge in [-0.25, -0.2) is 12.8 Å². The van der Waals surface area contributed by atoms with Crippen molar-refractivity contribution in [2.45, 2.75) is 50.0 Å². The number of hydrogen-bond acceptors (Lipinski definition) is 3. The van der Waals surface area contributed by atoms with E-state index in [-0.39, 0.29) is 24.1 Å². The fraction of sp³-hybridized carbons (Fsp3) is 0.600. The molecule has 0 saturated heterocycles. The van der Waals surface area contributed by atoms with E-state index in [4.69, 9.17) is 0 Å². The van der Waals surface area contributed by atoms with Crippen LogP contribution in [0.15, 0.2) is 23.1 Å². The summed E-state index contributed by atoms with van der Waals surface area (Å²) in [5, 5.41) is 9.20. The van der Waals surface area contributed by atoms with Gasteiger partial charge in [-0.3, -0.25) is 0 Å². The molecular formula is C15H22FNO3S. The topological polar surface area (TPSA) is 57.6 Å². The predicted octanol–water partition coefficient (Wildman–Crippen LogP) is 2.45. The van der Waals surface area contributed by atoms with Gasteiger partial charge in [0.25, 0.3) is 0 Å². The number of aliphatic hydroxyl groups is 1. The molecule has 6 heteroatoms. The van der Waals surface area contributed by atoms with Crippen LogP contribution >= 0.6 is 0 Å². The molecule has 0 amide bonds. The molecule has 0 aromatic heterocycles. The van der Waals surface area contributed by atoms with Crippen molar-refractivity contribution in [1.29, 1.82) is 0 Å². The lowest BCUT2D eigenvalue weighted by molar-refractivity contribution is 0.199. The first-order valence-corrected chi connectivity index (χ1v) is 8.79. The highest BCUT2D eigenvalue weighted by Gasteiger charge is 2.32. The Labute approximate surface area is 125 Å². The minimum atomic E-state index is -3.77. The van der Waals surface area contributed by atoms with Gasteiger partial charge in [-0.2, -0.15) is 4.31 Å². The fourth-order valence-corrected chi connectivity index (χ4v) is 4.52. The summed E-state index contributed by atoms with van der Waals surface area (Å²) in [4.78, 5) is -0.0374. The fourth-order valence-electron chi connectivity index (χ4n) is 2.84. The summed E-state index contributed by atoms with van der Waals surface area (Å²) in [6.45, 7) is 1.42. The minimum Gasteiger partial charge on any atom is -0.395 e. The summed E-state index contributed by atoms with van der Waals surface area (Å²) >= 11 is 0. The van der Waals surface area contributed by atoms with Gasteiger partial charge in [0.05, 0.1) is 11.5 Å². The lowest BCUT2D eigenvalue weighted by Crippen LogP contribution is -2.43. The molecule has 1 aromatic carbocycles. The van der Waals surface area contributed by atoms with Crippen LogP contribution in [0.1, 0.15) is 37.7 Å². The number of aliphatic hydroxyl groups excluding tert-OH is 1. The highest BCUT2D eigenvalue weighted by atomic mass is 32.2. The molecule has 0 spiro atoms. The van der Waals surface area contributed by atoms with Crippen LogP contribution in [-0.2, 0) is 10.0 Å². The van der Waals surface area contributed by atoms with Crippen molar-refractivity contribution in [2.75, 3.05) is 13.2 Å². The van der Waals surface area contributed by atoms with Crippen LogP contribution in [0.2, 0.25) is 0 Å². The molecule has 1 aliphatic carbocycles. The number of hydrogen-bond donors (Lipinski definition) is 1. The van der Waals surface area contributed by atoms with Crippen LogP contribution in [0.5, 0.6) is 0 Å². The molecule has 21 heavy (non-hydrogen) atoms. The number of sulfonamides is 1. The van der Waals surface area contributed by atoms with E-state index >= 15 is 0 Å². The normalized spacial score (nSPS) is 17.3. The molecule has 1 saturated carbocycles. The number of benzene rings is 1. The number of rotatable bonds is 5. The standard InChI is InChI=1S/C15H22FNO3S/c1-12-7-8-14(11-15(12)16)21(19,20)17(9-10-18)13-5-3-2-4-6-13/h7-8,11,13,18H,2-6,9-10H2,1H3. The summed E-state index contributed by atoms with van der Waals surface area (Å²) in [5.41, 5.74) is 0.417. The Bertz CT molecular complexity index is 583. The molecule has 1 N–H and O–H groups in total. The monoisotopic (exact) mass is 315 g/mol. The molecular weight excluding hydrogens is 293 g/mol. The van der Waals surface area contributed by atoms with Gasteiger partial charge in [0.2, 0.25) is 10.0 Å². The first kappa shape index (κ1) is 16.4. The highest BCUT2D eigenvalue weighted by molar-refractivity contribution is 7.89. The third kappa shape index (κ3) is 3.62. The van der Waals surface area contributed by atoms with Gasteiger partial charge < -0.3 is 5.11 Å². The molecule has 1 aliphatic rings. The van der Waals surface area contributed by atoms with E-state index in [1.54, 1.807) is 6.92 Å². The maximum absolute atomic E-state index is 13.7. The van der Waals surface area contributed by atoms with E-state index < -0.39 is 15.8 Å². The summed E-state index contributed by atoms with van der Waals surface area (Å²) in [7, 11) is -3.77. The highest BCUT2D eigenvalue weighted by Crippen LogP contribution is 2.28. The second-order valence-electron chi connectivity index (χ2n) is 5.54. The Hall–Kier alpha value is -0.980. The molecule has 1 fully saturated rings. The van der Waals surface area contributed by atoms with Crippen LogP contribution in [0.25, 0.3) is 0 Å². The van der Waals surface area contributed by atoms with Gasteiger partial charge in [0, 0.05) is 12.6 Å². The van der Waals surface area contributed by atoms with Crippen LogP contribution in [-0.4, -0.2) is 37.0 Å². The van der Waals surface area contributed by atoms with Gasteiger partial charge in [-0.1, -0.05) is 25.3 Å². The molecule has 0 aliphatic heterocycles. The molecule has 0 atom stereocenters. The Balaban J connectivity index is 2.34. The maximum atomic E-state index is 13.7. The summed E-state index contributed by atoms with van der Waals surface area (Å²) in [5.74, 6) is -0.524. The van der Waals surface area contributed by atoms with Crippen LogP contribution < -0.4 is 0 Å². The van der Waals surface area contributed by atoms with Crippen molar-refractivity contribution >= 4 is 10.0 Å².